The van der Waals surface area contributed by atoms with Crippen molar-refractivity contribution in [3.63, 3.8) is 0 Å². The number of nitriles is 1. The maximum Gasteiger partial charge on any atom is 0.483 e. The maximum absolute atomic E-state index is 13.6. The highest BCUT2D eigenvalue weighted by atomic mass is 32.2. The SMILES string of the molecule is CCS(=O)(=O)c1cc(C2(C#N)CC2)cnc1-c1nc2cc(S(=O)(=NCC(F)(F)F)C(F)(F)F)cnc2n1C. The molecule has 1 aliphatic carbocycles. The van der Waals surface area contributed by atoms with Crippen molar-refractivity contribution < 1.29 is 39.0 Å². The van der Waals surface area contributed by atoms with Crippen LogP contribution in [-0.2, 0) is 32.0 Å². The zero-order chi connectivity index (χ0) is 28.3. The number of hydrogen-bond acceptors (Lipinski definition) is 8. The van der Waals surface area contributed by atoms with Gasteiger partial charge in [0.25, 0.3) is 0 Å². The van der Waals surface area contributed by atoms with Gasteiger partial charge >= 0.3 is 11.7 Å². The van der Waals surface area contributed by atoms with Crippen LogP contribution in [0.3, 0.4) is 0 Å². The fourth-order valence-corrected chi connectivity index (χ4v) is 6.14. The van der Waals surface area contributed by atoms with E-state index in [4.69, 9.17) is 0 Å². The summed E-state index contributed by atoms with van der Waals surface area (Å²) in [6.45, 7) is -0.903. The molecule has 1 saturated carbocycles. The van der Waals surface area contributed by atoms with Gasteiger partial charge in [0, 0.05) is 19.4 Å². The lowest BCUT2D eigenvalue weighted by Crippen LogP contribution is -2.26. The van der Waals surface area contributed by atoms with E-state index in [1.807, 2.05) is 0 Å². The van der Waals surface area contributed by atoms with E-state index in [-0.39, 0.29) is 33.3 Å². The predicted molar refractivity (Wildman–Crippen MR) is 122 cm³/mol. The molecular formula is C21H18F6N6O3S2. The van der Waals surface area contributed by atoms with Crippen LogP contribution in [0.4, 0.5) is 26.3 Å². The van der Waals surface area contributed by atoms with E-state index in [1.54, 1.807) is 0 Å². The summed E-state index contributed by atoms with van der Waals surface area (Å²) in [5.74, 6) is -0.457. The molecule has 0 spiro atoms. The zero-order valence-electron chi connectivity index (χ0n) is 19.6. The van der Waals surface area contributed by atoms with Gasteiger partial charge in [-0.2, -0.15) is 31.6 Å². The number of aryl methyl sites for hydroxylation is 1. The lowest BCUT2D eigenvalue weighted by Gasteiger charge is -2.14. The maximum atomic E-state index is 13.6. The monoisotopic (exact) mass is 580 g/mol. The van der Waals surface area contributed by atoms with E-state index in [0.717, 1.165) is 0 Å². The predicted octanol–water partition coefficient (Wildman–Crippen LogP) is 4.29. The summed E-state index contributed by atoms with van der Waals surface area (Å²) in [6, 6.07) is 4.12. The van der Waals surface area contributed by atoms with Gasteiger partial charge in [-0.15, -0.1) is 0 Å². The molecule has 9 nitrogen and oxygen atoms in total. The normalized spacial score (nSPS) is 17.1. The molecule has 3 heterocycles. The highest BCUT2D eigenvalue weighted by Crippen LogP contribution is 2.48. The van der Waals surface area contributed by atoms with E-state index in [1.165, 1.54) is 30.8 Å². The number of alkyl halides is 6. The molecule has 38 heavy (non-hydrogen) atoms. The van der Waals surface area contributed by atoms with Crippen LogP contribution in [0.25, 0.3) is 22.7 Å². The van der Waals surface area contributed by atoms with Crippen molar-refractivity contribution in [2.45, 2.75) is 46.7 Å². The Morgan fingerprint density at radius 1 is 1.11 bits per heavy atom. The second-order valence-corrected chi connectivity index (χ2v) is 13.0. The van der Waals surface area contributed by atoms with Gasteiger partial charge in [0.05, 0.1) is 27.0 Å². The van der Waals surface area contributed by atoms with Crippen LogP contribution in [0.2, 0.25) is 0 Å². The highest BCUT2D eigenvalue weighted by Gasteiger charge is 2.47. The number of fused-ring (bicyclic) bond motifs is 1. The zero-order valence-corrected chi connectivity index (χ0v) is 21.3. The molecule has 1 unspecified atom stereocenters. The summed E-state index contributed by atoms with van der Waals surface area (Å²) in [5, 5.41) is 9.49. The van der Waals surface area contributed by atoms with Crippen molar-refractivity contribution >= 4 is 30.7 Å². The lowest BCUT2D eigenvalue weighted by atomic mass is 9.99. The third-order valence-electron chi connectivity index (χ3n) is 6.04. The van der Waals surface area contributed by atoms with Crippen LogP contribution in [0, 0.1) is 11.3 Å². The minimum atomic E-state index is -5.65. The molecule has 3 aromatic heterocycles. The number of pyridine rings is 2. The molecular weight excluding hydrogens is 562 g/mol. The van der Waals surface area contributed by atoms with Gasteiger partial charge in [-0.05, 0) is 30.5 Å². The van der Waals surface area contributed by atoms with Crippen molar-refractivity contribution in [1.29, 1.82) is 5.26 Å². The number of nitrogens with zero attached hydrogens (tertiary/aromatic N) is 6. The summed E-state index contributed by atoms with van der Waals surface area (Å²) in [6.07, 6.45) is -2.27. The Hall–Kier alpha value is -3.26. The number of aromatic nitrogens is 4. The third kappa shape index (κ3) is 4.70. The van der Waals surface area contributed by atoms with E-state index in [2.05, 4.69) is 25.4 Å². The Morgan fingerprint density at radius 3 is 2.29 bits per heavy atom. The average molecular weight is 581 g/mol. The first-order valence-electron chi connectivity index (χ1n) is 10.8. The quantitative estimate of drug-likeness (QED) is 0.398. The standard InChI is InChI=1S/C21H18F6N6O3S2/c1-3-37(34,35)15-6-12(19(10-28)4-5-19)8-29-16(15)18-32-14-7-13(9-30-17(14)33(18)2)38(36,21(25,26)27)31-11-20(22,23)24/h6-9H,3-5,11H2,1-2H3. The van der Waals surface area contributed by atoms with Gasteiger partial charge in [0.15, 0.2) is 31.0 Å². The third-order valence-corrected chi connectivity index (χ3v) is 9.76. The van der Waals surface area contributed by atoms with Crippen LogP contribution in [-0.4, -0.2) is 56.1 Å². The summed E-state index contributed by atoms with van der Waals surface area (Å²) in [7, 11) is -8.13. The fourth-order valence-electron chi connectivity index (χ4n) is 3.72. The smallest absolute Gasteiger partial charge is 0.310 e. The minimum Gasteiger partial charge on any atom is -0.310 e. The van der Waals surface area contributed by atoms with Crippen molar-refractivity contribution in [2.75, 3.05) is 12.3 Å². The van der Waals surface area contributed by atoms with Crippen LogP contribution >= 0.6 is 0 Å². The Morgan fingerprint density at radius 2 is 1.76 bits per heavy atom. The summed E-state index contributed by atoms with van der Waals surface area (Å²) in [4.78, 5) is 10.8. The van der Waals surface area contributed by atoms with Crippen molar-refractivity contribution in [3.8, 4) is 17.6 Å². The second kappa shape index (κ2) is 8.90. The highest BCUT2D eigenvalue weighted by molar-refractivity contribution is 7.94. The number of sulfone groups is 1. The van der Waals surface area contributed by atoms with Gasteiger partial charge in [-0.3, -0.25) is 4.98 Å². The first kappa shape index (κ1) is 27.8. The Bertz CT molecular complexity index is 1710. The van der Waals surface area contributed by atoms with E-state index in [0.29, 0.717) is 30.7 Å². The van der Waals surface area contributed by atoms with Crippen LogP contribution < -0.4 is 0 Å². The number of hydrogen-bond donors (Lipinski definition) is 0. The van der Waals surface area contributed by atoms with E-state index < -0.39 is 48.1 Å². The summed E-state index contributed by atoms with van der Waals surface area (Å²) >= 11 is 0. The van der Waals surface area contributed by atoms with Crippen LogP contribution in [0.5, 0.6) is 0 Å². The first-order valence-corrected chi connectivity index (χ1v) is 14.0. The van der Waals surface area contributed by atoms with Crippen LogP contribution in [0.1, 0.15) is 25.3 Å². The topological polar surface area (TPSA) is 131 Å². The molecule has 0 N–H and O–H groups in total. The second-order valence-electron chi connectivity index (χ2n) is 8.55. The van der Waals surface area contributed by atoms with Crippen molar-refractivity contribution in [2.24, 2.45) is 11.4 Å². The molecule has 0 radical (unpaired) electrons. The molecule has 1 aliphatic rings. The fraction of sp³-hybridized carbons (Fsp3) is 0.429. The summed E-state index contributed by atoms with van der Waals surface area (Å²) in [5.41, 5.74) is -6.66. The number of rotatable bonds is 6. The Labute approximate surface area is 212 Å². The molecule has 4 rings (SSSR count). The molecule has 0 aromatic carbocycles. The molecule has 1 atom stereocenters. The van der Waals surface area contributed by atoms with Gasteiger partial charge in [-0.1, -0.05) is 6.92 Å². The van der Waals surface area contributed by atoms with Crippen LogP contribution in [0.15, 0.2) is 38.7 Å². The first-order chi connectivity index (χ1) is 17.5. The van der Waals surface area contributed by atoms with Gasteiger partial charge < -0.3 is 4.57 Å². The Kier molecular flexibility index (Phi) is 6.50. The van der Waals surface area contributed by atoms with Gasteiger partial charge in [0.1, 0.15) is 17.8 Å². The van der Waals surface area contributed by atoms with E-state index in [9.17, 15) is 44.2 Å². The van der Waals surface area contributed by atoms with Gasteiger partial charge in [0.2, 0.25) is 0 Å². The molecule has 3 aromatic rings. The summed E-state index contributed by atoms with van der Waals surface area (Å²) < 4.78 is 121. The average Bonchev–Trinajstić information content (AvgIpc) is 3.58. The number of imidazole rings is 1. The molecule has 0 aliphatic heterocycles. The molecule has 17 heteroatoms. The molecule has 0 saturated heterocycles. The minimum absolute atomic E-state index is 0.0788. The van der Waals surface area contributed by atoms with Gasteiger partial charge in [-0.25, -0.2) is 27.0 Å². The molecule has 0 amide bonds. The molecule has 1 fully saturated rings. The van der Waals surface area contributed by atoms with E-state index >= 15 is 0 Å². The molecule has 204 valence electrons. The molecule has 0 bridgehead atoms. The van der Waals surface area contributed by atoms with Crippen molar-refractivity contribution in [1.82, 2.24) is 19.5 Å². The number of halogens is 6. The largest absolute Gasteiger partial charge is 0.483 e. The Balaban J connectivity index is 1.92. The lowest BCUT2D eigenvalue weighted by molar-refractivity contribution is -0.118. The van der Waals surface area contributed by atoms with Crippen molar-refractivity contribution in [3.05, 3.63) is 30.1 Å².